The van der Waals surface area contributed by atoms with E-state index in [2.05, 4.69) is 21.6 Å². The van der Waals surface area contributed by atoms with Gasteiger partial charge in [0, 0.05) is 12.1 Å². The van der Waals surface area contributed by atoms with Crippen LogP contribution in [0.1, 0.15) is 37.9 Å². The molecule has 3 aromatic rings. The number of benzene rings is 1. The molecule has 0 spiro atoms. The van der Waals surface area contributed by atoms with E-state index < -0.39 is 0 Å². The van der Waals surface area contributed by atoms with Gasteiger partial charge in [-0.15, -0.1) is 10.2 Å². The highest BCUT2D eigenvalue weighted by molar-refractivity contribution is 7.99. The predicted molar refractivity (Wildman–Crippen MR) is 125 cm³/mol. The molecule has 1 aliphatic carbocycles. The Morgan fingerprint density at radius 2 is 2.19 bits per heavy atom. The second-order valence-electron chi connectivity index (χ2n) is 7.70. The number of allylic oxidation sites excluding steroid dienone is 1. The van der Waals surface area contributed by atoms with Crippen molar-refractivity contribution in [2.75, 3.05) is 19.4 Å². The summed E-state index contributed by atoms with van der Waals surface area (Å²) in [7, 11) is 1.64. The SMILES string of the molecule is COc1cccc(-c2nnc(SCC(=O)NCCC3=CCCCC3)n2Cc2ccco2)c1. The number of furan rings is 1. The van der Waals surface area contributed by atoms with Crippen LogP contribution in [0, 0.1) is 0 Å². The molecule has 2 aromatic heterocycles. The zero-order chi connectivity index (χ0) is 22.2. The van der Waals surface area contributed by atoms with Gasteiger partial charge in [0.25, 0.3) is 0 Å². The van der Waals surface area contributed by atoms with Gasteiger partial charge in [-0.3, -0.25) is 9.36 Å². The fourth-order valence-electron chi connectivity index (χ4n) is 3.75. The number of nitrogens with zero attached hydrogens (tertiary/aromatic N) is 3. The molecule has 1 aliphatic rings. The Hall–Kier alpha value is -3.00. The molecule has 168 valence electrons. The molecule has 0 saturated heterocycles. The zero-order valence-electron chi connectivity index (χ0n) is 18.3. The van der Waals surface area contributed by atoms with Crippen molar-refractivity contribution in [1.29, 1.82) is 0 Å². The van der Waals surface area contributed by atoms with E-state index in [9.17, 15) is 4.79 Å². The molecule has 0 aliphatic heterocycles. The van der Waals surface area contributed by atoms with Gasteiger partial charge in [-0.1, -0.05) is 35.5 Å². The Kier molecular flexibility index (Phi) is 7.66. The van der Waals surface area contributed by atoms with E-state index in [1.165, 1.54) is 36.6 Å². The van der Waals surface area contributed by atoms with E-state index in [1.807, 2.05) is 41.0 Å². The number of hydrogen-bond donors (Lipinski definition) is 1. The highest BCUT2D eigenvalue weighted by atomic mass is 32.2. The molecular weight excluding hydrogens is 424 g/mol. The normalized spacial score (nSPS) is 13.6. The molecule has 7 nitrogen and oxygen atoms in total. The Balaban J connectivity index is 1.42. The first-order valence-corrected chi connectivity index (χ1v) is 11.9. The average Bonchev–Trinajstić information content (AvgIpc) is 3.49. The van der Waals surface area contributed by atoms with Crippen molar-refractivity contribution in [1.82, 2.24) is 20.1 Å². The summed E-state index contributed by atoms with van der Waals surface area (Å²) in [4.78, 5) is 12.4. The minimum atomic E-state index is 0.00175. The first-order valence-electron chi connectivity index (χ1n) is 10.9. The maximum absolute atomic E-state index is 12.4. The minimum Gasteiger partial charge on any atom is -0.497 e. The van der Waals surface area contributed by atoms with Crippen LogP contribution >= 0.6 is 11.8 Å². The number of aromatic nitrogens is 3. The van der Waals surface area contributed by atoms with Crippen LogP contribution in [0.5, 0.6) is 5.75 Å². The van der Waals surface area contributed by atoms with Crippen LogP contribution in [0.15, 0.2) is 63.9 Å². The van der Waals surface area contributed by atoms with Gasteiger partial charge < -0.3 is 14.5 Å². The van der Waals surface area contributed by atoms with Crippen LogP contribution in [0.4, 0.5) is 0 Å². The largest absolute Gasteiger partial charge is 0.497 e. The van der Waals surface area contributed by atoms with Crippen molar-refractivity contribution in [2.24, 2.45) is 0 Å². The number of hydrogen-bond acceptors (Lipinski definition) is 6. The third-order valence-corrected chi connectivity index (χ3v) is 6.39. The molecule has 0 atom stereocenters. The van der Waals surface area contributed by atoms with E-state index in [0.29, 0.717) is 24.1 Å². The second-order valence-corrected chi connectivity index (χ2v) is 8.64. The third-order valence-electron chi connectivity index (χ3n) is 5.42. The lowest BCUT2D eigenvalue weighted by atomic mass is 9.97. The lowest BCUT2D eigenvalue weighted by Gasteiger charge is -2.13. The molecule has 2 heterocycles. The van der Waals surface area contributed by atoms with Gasteiger partial charge in [-0.2, -0.15) is 0 Å². The van der Waals surface area contributed by atoms with Gasteiger partial charge in [0.1, 0.15) is 11.5 Å². The number of methoxy groups -OCH3 is 1. The van der Waals surface area contributed by atoms with Crippen LogP contribution < -0.4 is 10.1 Å². The van der Waals surface area contributed by atoms with Crippen LogP contribution in [0.2, 0.25) is 0 Å². The van der Waals surface area contributed by atoms with Crippen LogP contribution in [0.3, 0.4) is 0 Å². The molecule has 1 amide bonds. The first kappa shape index (κ1) is 22.2. The summed E-state index contributed by atoms with van der Waals surface area (Å²) < 4.78 is 12.9. The Labute approximate surface area is 192 Å². The highest BCUT2D eigenvalue weighted by Gasteiger charge is 2.17. The number of ether oxygens (including phenoxy) is 1. The standard InChI is InChI=1S/C24H28N4O3S/c1-30-20-10-5-9-19(15-20)23-26-27-24(28(23)16-21-11-6-14-31-21)32-17-22(29)25-13-12-18-7-3-2-4-8-18/h5-7,9-11,14-15H,2-4,8,12-13,16-17H2,1H3,(H,25,29). The minimum absolute atomic E-state index is 0.00175. The van der Waals surface area contributed by atoms with Gasteiger partial charge in [0.15, 0.2) is 11.0 Å². The molecule has 1 N–H and O–H groups in total. The molecule has 0 unspecified atom stereocenters. The van der Waals surface area contributed by atoms with E-state index in [0.717, 1.165) is 29.9 Å². The lowest BCUT2D eigenvalue weighted by Crippen LogP contribution is -2.26. The number of amides is 1. The summed E-state index contributed by atoms with van der Waals surface area (Å²) >= 11 is 1.38. The van der Waals surface area contributed by atoms with E-state index in [-0.39, 0.29) is 11.7 Å². The molecule has 0 radical (unpaired) electrons. The van der Waals surface area contributed by atoms with Crippen LogP contribution in [-0.4, -0.2) is 40.1 Å². The summed E-state index contributed by atoms with van der Waals surface area (Å²) in [6.07, 6.45) is 9.77. The van der Waals surface area contributed by atoms with Crippen molar-refractivity contribution >= 4 is 17.7 Å². The number of carbonyl (C=O) groups is 1. The summed E-state index contributed by atoms with van der Waals surface area (Å²) in [6, 6.07) is 11.5. The van der Waals surface area contributed by atoms with Crippen molar-refractivity contribution in [3.63, 3.8) is 0 Å². The maximum Gasteiger partial charge on any atom is 0.230 e. The molecule has 0 fully saturated rings. The molecule has 32 heavy (non-hydrogen) atoms. The quantitative estimate of drug-likeness (QED) is 0.355. The van der Waals surface area contributed by atoms with Crippen molar-refractivity contribution < 1.29 is 13.9 Å². The highest BCUT2D eigenvalue weighted by Crippen LogP contribution is 2.27. The van der Waals surface area contributed by atoms with Crippen LogP contribution in [0.25, 0.3) is 11.4 Å². The maximum atomic E-state index is 12.4. The molecule has 8 heteroatoms. The monoisotopic (exact) mass is 452 g/mol. The van der Waals surface area contributed by atoms with E-state index in [1.54, 1.807) is 13.4 Å². The third kappa shape index (κ3) is 5.82. The fourth-order valence-corrected chi connectivity index (χ4v) is 4.52. The molecule has 4 rings (SSSR count). The summed E-state index contributed by atoms with van der Waals surface area (Å²) in [5, 5.41) is 12.5. The molecule has 0 bridgehead atoms. The number of nitrogens with one attached hydrogen (secondary N) is 1. The topological polar surface area (TPSA) is 82.2 Å². The summed E-state index contributed by atoms with van der Waals surface area (Å²) in [6.45, 7) is 1.16. The Morgan fingerprint density at radius 1 is 1.25 bits per heavy atom. The van der Waals surface area contributed by atoms with Gasteiger partial charge in [0.05, 0.1) is 25.7 Å². The number of rotatable bonds is 10. The molecular formula is C24H28N4O3S. The average molecular weight is 453 g/mol. The van der Waals surface area contributed by atoms with Crippen molar-refractivity contribution in [3.8, 4) is 17.1 Å². The molecule has 1 aromatic carbocycles. The van der Waals surface area contributed by atoms with Gasteiger partial charge in [0.2, 0.25) is 5.91 Å². The Bertz CT molecular complexity index is 1060. The van der Waals surface area contributed by atoms with Gasteiger partial charge in [-0.05, 0) is 56.4 Å². The lowest BCUT2D eigenvalue weighted by molar-refractivity contribution is -0.118. The second kappa shape index (κ2) is 11.0. The number of thioether (sulfide) groups is 1. The zero-order valence-corrected chi connectivity index (χ0v) is 19.1. The summed E-state index contributed by atoms with van der Waals surface area (Å²) in [5.74, 6) is 2.53. The molecule has 0 saturated carbocycles. The first-order chi connectivity index (χ1) is 15.7. The van der Waals surface area contributed by atoms with Gasteiger partial charge in [-0.25, -0.2) is 0 Å². The summed E-state index contributed by atoms with van der Waals surface area (Å²) in [5.41, 5.74) is 2.35. The smallest absolute Gasteiger partial charge is 0.230 e. The predicted octanol–water partition coefficient (Wildman–Crippen LogP) is 4.69. The number of carbonyl (C=O) groups excluding carboxylic acids is 1. The Morgan fingerprint density at radius 3 is 2.97 bits per heavy atom. The van der Waals surface area contributed by atoms with Crippen molar-refractivity contribution in [2.45, 2.75) is 43.8 Å². The van der Waals surface area contributed by atoms with Gasteiger partial charge >= 0.3 is 0 Å². The van der Waals surface area contributed by atoms with E-state index >= 15 is 0 Å². The fraction of sp³-hybridized carbons (Fsp3) is 0.375. The van der Waals surface area contributed by atoms with Crippen LogP contribution in [-0.2, 0) is 11.3 Å². The van der Waals surface area contributed by atoms with Crippen molar-refractivity contribution in [3.05, 3.63) is 60.1 Å². The van der Waals surface area contributed by atoms with E-state index in [4.69, 9.17) is 9.15 Å².